The Balaban J connectivity index is 2.53. The normalized spacial score (nSPS) is 11.3. The van der Waals surface area contributed by atoms with Crippen LogP contribution in [0.15, 0.2) is 30.3 Å². The van der Waals surface area contributed by atoms with E-state index in [-0.39, 0.29) is 23.9 Å². The quantitative estimate of drug-likeness (QED) is 0.791. The van der Waals surface area contributed by atoms with Crippen LogP contribution in [0.2, 0.25) is 0 Å². The minimum atomic E-state index is -0.324. The highest BCUT2D eigenvalue weighted by Gasteiger charge is 2.13. The van der Waals surface area contributed by atoms with Gasteiger partial charge in [0.15, 0.2) is 0 Å². The fourth-order valence-corrected chi connectivity index (χ4v) is 1.76. The molecule has 1 aromatic rings. The Morgan fingerprint density at radius 2 is 1.91 bits per heavy atom. The predicted molar refractivity (Wildman–Crippen MR) is 87.6 cm³/mol. The topological polar surface area (TPSA) is 67.4 Å². The first-order chi connectivity index (χ1) is 10.3. The summed E-state index contributed by atoms with van der Waals surface area (Å²) < 4.78 is 5.48. The summed E-state index contributed by atoms with van der Waals surface area (Å²) in [6, 6.07) is 7.45. The SMILES string of the molecule is CCOc1ccccc1/C=C/C(=O)NCC(=O)NC(C)(C)C. The number of hydrogen-bond donors (Lipinski definition) is 2. The van der Waals surface area contributed by atoms with E-state index in [0.717, 1.165) is 11.3 Å². The first-order valence-corrected chi connectivity index (χ1v) is 7.30. The highest BCUT2D eigenvalue weighted by molar-refractivity contribution is 5.94. The van der Waals surface area contributed by atoms with Crippen LogP contribution in [0.4, 0.5) is 0 Å². The lowest BCUT2D eigenvalue weighted by Crippen LogP contribution is -2.45. The van der Waals surface area contributed by atoms with Crippen LogP contribution in [0.25, 0.3) is 6.08 Å². The Hall–Kier alpha value is -2.30. The van der Waals surface area contributed by atoms with Gasteiger partial charge in [-0.05, 0) is 39.8 Å². The van der Waals surface area contributed by atoms with Crippen LogP contribution in [-0.4, -0.2) is 30.5 Å². The Labute approximate surface area is 131 Å². The van der Waals surface area contributed by atoms with Crippen molar-refractivity contribution < 1.29 is 14.3 Å². The van der Waals surface area contributed by atoms with Gasteiger partial charge in [0.1, 0.15) is 5.75 Å². The average Bonchev–Trinajstić information content (AvgIpc) is 2.43. The molecular formula is C17H24N2O3. The van der Waals surface area contributed by atoms with E-state index in [2.05, 4.69) is 10.6 Å². The zero-order valence-corrected chi connectivity index (χ0v) is 13.6. The molecule has 0 radical (unpaired) electrons. The number of rotatable bonds is 6. The molecule has 0 aliphatic carbocycles. The van der Waals surface area contributed by atoms with Crippen molar-refractivity contribution in [1.82, 2.24) is 10.6 Å². The third kappa shape index (κ3) is 6.92. The second-order valence-electron chi connectivity index (χ2n) is 5.82. The second kappa shape index (κ2) is 8.22. The van der Waals surface area contributed by atoms with Crippen LogP contribution in [0.3, 0.4) is 0 Å². The zero-order valence-electron chi connectivity index (χ0n) is 13.6. The number of hydrogen-bond acceptors (Lipinski definition) is 3. The van der Waals surface area contributed by atoms with E-state index in [1.807, 2.05) is 52.0 Å². The van der Waals surface area contributed by atoms with Crippen molar-refractivity contribution in [3.63, 3.8) is 0 Å². The molecule has 2 amide bonds. The van der Waals surface area contributed by atoms with Gasteiger partial charge in [-0.2, -0.15) is 0 Å². The van der Waals surface area contributed by atoms with Gasteiger partial charge < -0.3 is 15.4 Å². The van der Waals surface area contributed by atoms with Gasteiger partial charge in [-0.25, -0.2) is 0 Å². The maximum Gasteiger partial charge on any atom is 0.244 e. The molecule has 1 rings (SSSR count). The second-order valence-corrected chi connectivity index (χ2v) is 5.82. The standard InChI is InChI=1S/C17H24N2O3/c1-5-22-14-9-7-6-8-13(14)10-11-15(20)18-12-16(21)19-17(2,3)4/h6-11H,5,12H2,1-4H3,(H,18,20)(H,19,21)/b11-10+. The van der Waals surface area contributed by atoms with Crippen molar-refractivity contribution in [2.45, 2.75) is 33.2 Å². The van der Waals surface area contributed by atoms with Crippen molar-refractivity contribution in [3.05, 3.63) is 35.9 Å². The Bertz CT molecular complexity index is 545. The number of ether oxygens (including phenoxy) is 1. The van der Waals surface area contributed by atoms with Gasteiger partial charge in [-0.15, -0.1) is 0 Å². The third-order valence-electron chi connectivity index (χ3n) is 2.57. The molecule has 0 aromatic heterocycles. The van der Waals surface area contributed by atoms with E-state index >= 15 is 0 Å². The predicted octanol–water partition coefficient (Wildman–Crippen LogP) is 2.13. The average molecular weight is 304 g/mol. The zero-order chi connectivity index (χ0) is 16.6. The van der Waals surface area contributed by atoms with Gasteiger partial charge in [-0.1, -0.05) is 18.2 Å². The van der Waals surface area contributed by atoms with Crippen molar-refractivity contribution in [1.29, 1.82) is 0 Å². The summed E-state index contributed by atoms with van der Waals surface area (Å²) in [6.45, 7) is 8.07. The summed E-state index contributed by atoms with van der Waals surface area (Å²) >= 11 is 0. The Morgan fingerprint density at radius 3 is 2.55 bits per heavy atom. The van der Waals surface area contributed by atoms with Gasteiger partial charge in [0.05, 0.1) is 13.2 Å². The number of amides is 2. The number of benzene rings is 1. The van der Waals surface area contributed by atoms with Gasteiger partial charge in [-0.3, -0.25) is 9.59 Å². The largest absolute Gasteiger partial charge is 0.493 e. The van der Waals surface area contributed by atoms with Crippen LogP contribution < -0.4 is 15.4 Å². The number of carbonyl (C=O) groups is 2. The molecule has 5 heteroatoms. The van der Waals surface area contributed by atoms with Gasteiger partial charge in [0.25, 0.3) is 0 Å². The molecule has 0 heterocycles. The molecule has 0 bridgehead atoms. The maximum atomic E-state index is 11.7. The van der Waals surface area contributed by atoms with Crippen LogP contribution in [0.5, 0.6) is 5.75 Å². The van der Waals surface area contributed by atoms with Crippen molar-refractivity contribution in [3.8, 4) is 5.75 Å². The van der Waals surface area contributed by atoms with Crippen LogP contribution in [0, 0.1) is 0 Å². The molecule has 2 N–H and O–H groups in total. The smallest absolute Gasteiger partial charge is 0.244 e. The monoisotopic (exact) mass is 304 g/mol. The summed E-state index contributed by atoms with van der Waals surface area (Å²) in [5, 5.41) is 5.32. The van der Waals surface area contributed by atoms with Crippen molar-refractivity contribution in [2.24, 2.45) is 0 Å². The first kappa shape index (κ1) is 17.8. The summed E-state index contributed by atoms with van der Waals surface area (Å²) in [7, 11) is 0. The number of para-hydroxylation sites is 1. The van der Waals surface area contributed by atoms with Crippen LogP contribution >= 0.6 is 0 Å². The molecule has 0 aliphatic heterocycles. The summed E-state index contributed by atoms with van der Waals surface area (Å²) in [6.07, 6.45) is 3.06. The first-order valence-electron chi connectivity index (χ1n) is 7.30. The highest BCUT2D eigenvalue weighted by Crippen LogP contribution is 2.19. The fraction of sp³-hybridized carbons (Fsp3) is 0.412. The molecule has 0 atom stereocenters. The third-order valence-corrected chi connectivity index (χ3v) is 2.57. The summed E-state index contributed by atoms with van der Waals surface area (Å²) in [5.41, 5.74) is 0.507. The Morgan fingerprint density at radius 1 is 1.23 bits per heavy atom. The molecule has 0 saturated carbocycles. The molecule has 22 heavy (non-hydrogen) atoms. The van der Waals surface area contributed by atoms with Crippen molar-refractivity contribution >= 4 is 17.9 Å². The lowest BCUT2D eigenvalue weighted by molar-refractivity contribution is -0.124. The highest BCUT2D eigenvalue weighted by atomic mass is 16.5. The number of nitrogens with one attached hydrogen (secondary N) is 2. The minimum absolute atomic E-state index is 0.0481. The lowest BCUT2D eigenvalue weighted by Gasteiger charge is -2.20. The van der Waals surface area contributed by atoms with E-state index in [1.54, 1.807) is 6.08 Å². The molecule has 120 valence electrons. The lowest BCUT2D eigenvalue weighted by atomic mass is 10.1. The van der Waals surface area contributed by atoms with E-state index < -0.39 is 0 Å². The fourth-order valence-electron chi connectivity index (χ4n) is 1.76. The Kier molecular flexibility index (Phi) is 6.63. The van der Waals surface area contributed by atoms with Crippen molar-refractivity contribution in [2.75, 3.05) is 13.2 Å². The van der Waals surface area contributed by atoms with Gasteiger partial charge >= 0.3 is 0 Å². The molecule has 0 saturated heterocycles. The molecule has 0 aliphatic rings. The minimum Gasteiger partial charge on any atom is -0.493 e. The van der Waals surface area contributed by atoms with E-state index in [9.17, 15) is 9.59 Å². The summed E-state index contributed by atoms with van der Waals surface area (Å²) in [5.74, 6) is 0.179. The molecular weight excluding hydrogens is 280 g/mol. The van der Waals surface area contributed by atoms with Gasteiger partial charge in [0, 0.05) is 17.2 Å². The van der Waals surface area contributed by atoms with E-state index in [0.29, 0.717) is 6.61 Å². The summed E-state index contributed by atoms with van der Waals surface area (Å²) in [4.78, 5) is 23.3. The van der Waals surface area contributed by atoms with Crippen LogP contribution in [0.1, 0.15) is 33.3 Å². The molecule has 0 unspecified atom stereocenters. The van der Waals surface area contributed by atoms with Crippen LogP contribution in [-0.2, 0) is 9.59 Å². The van der Waals surface area contributed by atoms with Gasteiger partial charge in [0.2, 0.25) is 11.8 Å². The molecule has 0 fully saturated rings. The van der Waals surface area contributed by atoms with E-state index in [4.69, 9.17) is 4.74 Å². The van der Waals surface area contributed by atoms with E-state index in [1.165, 1.54) is 6.08 Å². The molecule has 5 nitrogen and oxygen atoms in total. The number of carbonyl (C=O) groups excluding carboxylic acids is 2. The molecule has 1 aromatic carbocycles. The molecule has 0 spiro atoms. The maximum absolute atomic E-state index is 11.7.